The molecule has 9 nitrogen and oxygen atoms in total. The van der Waals surface area contributed by atoms with E-state index in [2.05, 4.69) is 0 Å². The number of guanidine groups is 1. The summed E-state index contributed by atoms with van der Waals surface area (Å²) in [5.74, 6) is 1.12. The van der Waals surface area contributed by atoms with Crippen molar-refractivity contribution < 1.29 is 23.8 Å². The Balaban J connectivity index is 1.76. The first-order valence-corrected chi connectivity index (χ1v) is 14.6. The van der Waals surface area contributed by atoms with Crippen molar-refractivity contribution in [3.05, 3.63) is 54.1 Å². The number of rotatable bonds is 10. The summed E-state index contributed by atoms with van der Waals surface area (Å²) < 4.78 is 17.5. The molecule has 41 heavy (non-hydrogen) atoms. The minimum Gasteiger partial charge on any atom is -0.467 e. The first kappa shape index (κ1) is 30.4. The van der Waals surface area contributed by atoms with Gasteiger partial charge in [0.15, 0.2) is 12.0 Å². The van der Waals surface area contributed by atoms with E-state index in [-0.39, 0.29) is 12.5 Å². The number of nitrogens with zero attached hydrogens (tertiary/aromatic N) is 3. The van der Waals surface area contributed by atoms with E-state index in [9.17, 15) is 9.59 Å². The second kappa shape index (κ2) is 12.9. The predicted octanol–water partition coefficient (Wildman–Crippen LogP) is 5.89. The molecule has 1 unspecified atom stereocenters. The van der Waals surface area contributed by atoms with Crippen LogP contribution in [0.5, 0.6) is 11.5 Å². The van der Waals surface area contributed by atoms with E-state index in [1.54, 1.807) is 4.90 Å². The van der Waals surface area contributed by atoms with Crippen molar-refractivity contribution in [3.8, 4) is 11.5 Å². The largest absolute Gasteiger partial charge is 0.467 e. The summed E-state index contributed by atoms with van der Waals surface area (Å²) in [6.07, 6.45) is 5.05. The van der Waals surface area contributed by atoms with Crippen LogP contribution in [-0.4, -0.2) is 58.7 Å². The topological polar surface area (TPSA) is 107 Å². The van der Waals surface area contributed by atoms with Crippen LogP contribution in [0.15, 0.2) is 53.5 Å². The number of carbonyl (C=O) groups is 2. The number of carbonyl (C=O) groups excluding carboxylic acids is 2. The number of hydrogen-bond acceptors (Lipinski definition) is 8. The van der Waals surface area contributed by atoms with Crippen LogP contribution in [0.3, 0.4) is 0 Å². The highest BCUT2D eigenvalue weighted by Gasteiger charge is 2.51. The molecule has 1 heterocycles. The fourth-order valence-electron chi connectivity index (χ4n) is 5.78. The van der Waals surface area contributed by atoms with Gasteiger partial charge in [0.05, 0.1) is 31.5 Å². The third-order valence-electron chi connectivity index (χ3n) is 7.67. The average Bonchev–Trinajstić information content (AvgIpc) is 2.95. The monoisotopic (exact) mass is 564 g/mol. The zero-order valence-corrected chi connectivity index (χ0v) is 25.0. The molecule has 0 spiro atoms. The summed E-state index contributed by atoms with van der Waals surface area (Å²) in [6, 6.07) is 14.4. The Kier molecular flexibility index (Phi) is 9.58. The van der Waals surface area contributed by atoms with Gasteiger partial charge in [-0.2, -0.15) is 0 Å². The quantitative estimate of drug-likeness (QED) is 0.359. The van der Waals surface area contributed by atoms with Gasteiger partial charge in [0.2, 0.25) is 5.91 Å². The Morgan fingerprint density at radius 1 is 1.07 bits per heavy atom. The first-order chi connectivity index (χ1) is 19.6. The fraction of sp³-hybridized carbons (Fsp3) is 0.531. The average molecular weight is 565 g/mol. The Bertz CT molecular complexity index is 1230. The van der Waals surface area contributed by atoms with Crippen molar-refractivity contribution in [2.45, 2.75) is 96.5 Å². The number of ether oxygens (including phenoxy) is 3. The molecule has 2 aliphatic rings. The number of aliphatic imine (C=N–C) groups is 1. The van der Waals surface area contributed by atoms with Gasteiger partial charge in [-0.1, -0.05) is 31.5 Å². The second-order valence-electron chi connectivity index (χ2n) is 11.8. The van der Waals surface area contributed by atoms with Gasteiger partial charge in [-0.3, -0.25) is 4.79 Å². The minimum absolute atomic E-state index is 0.0178. The molecule has 4 rings (SSSR count). The maximum Gasteiger partial charge on any atom is 0.331 e. The lowest BCUT2D eigenvalue weighted by Crippen LogP contribution is -2.70. The number of fused-ring (bicyclic) bond motifs is 1. The van der Waals surface area contributed by atoms with Crippen LogP contribution < -0.4 is 10.5 Å². The van der Waals surface area contributed by atoms with Crippen molar-refractivity contribution in [3.63, 3.8) is 0 Å². The van der Waals surface area contributed by atoms with E-state index in [0.717, 1.165) is 36.3 Å². The SMILES string of the molecule is CCCC(=O)N(C(COC(C)(C)C)C(=O)OC)C1(N2Cc3cc(Oc4ccccc4)ccc3N=C2N)CCCCC1. The van der Waals surface area contributed by atoms with Crippen LogP contribution in [0.2, 0.25) is 0 Å². The van der Waals surface area contributed by atoms with Gasteiger partial charge in [0, 0.05) is 12.0 Å². The maximum absolute atomic E-state index is 14.0. The molecule has 1 fully saturated rings. The predicted molar refractivity (Wildman–Crippen MR) is 159 cm³/mol. The number of esters is 1. The molecule has 0 bridgehead atoms. The van der Waals surface area contributed by atoms with Crippen molar-refractivity contribution in [1.82, 2.24) is 9.80 Å². The van der Waals surface area contributed by atoms with Crippen LogP contribution in [0.1, 0.15) is 78.2 Å². The lowest BCUT2D eigenvalue weighted by molar-refractivity contribution is -0.176. The van der Waals surface area contributed by atoms with Crippen molar-refractivity contribution in [2.24, 2.45) is 10.7 Å². The molecular formula is C32H44N4O5. The first-order valence-electron chi connectivity index (χ1n) is 14.6. The van der Waals surface area contributed by atoms with E-state index < -0.39 is 23.3 Å². The van der Waals surface area contributed by atoms with Crippen LogP contribution in [0, 0.1) is 0 Å². The number of nitrogens with two attached hydrogens (primary N) is 1. The molecule has 0 saturated heterocycles. The summed E-state index contributed by atoms with van der Waals surface area (Å²) >= 11 is 0. The summed E-state index contributed by atoms with van der Waals surface area (Å²) in [6.45, 7) is 8.18. The molecule has 9 heteroatoms. The molecule has 1 aliphatic heterocycles. The summed E-state index contributed by atoms with van der Waals surface area (Å²) in [7, 11) is 1.35. The zero-order valence-electron chi connectivity index (χ0n) is 25.0. The van der Waals surface area contributed by atoms with Crippen LogP contribution in [0.25, 0.3) is 0 Å². The highest BCUT2D eigenvalue weighted by Crippen LogP contribution is 2.43. The molecule has 2 aromatic carbocycles. The number of amides is 1. The number of benzene rings is 2. The van der Waals surface area contributed by atoms with Gasteiger partial charge in [-0.25, -0.2) is 9.79 Å². The molecule has 0 aromatic heterocycles. The van der Waals surface area contributed by atoms with Crippen molar-refractivity contribution in [1.29, 1.82) is 0 Å². The molecule has 1 saturated carbocycles. The standard InChI is InChI=1S/C32H44N4O5/c1-6-13-28(37)36(27(29(38)39-5)22-40-31(2,3)4)32(18-11-8-12-19-32)35-21-23-20-25(16-17-26(23)34-30(35)33)41-24-14-9-7-10-15-24/h7,9-10,14-17,20,27H,6,8,11-13,18-19,21-22H2,1-5H3,(H2,33,34). The lowest BCUT2D eigenvalue weighted by atomic mass is 9.84. The highest BCUT2D eigenvalue weighted by molar-refractivity contribution is 5.88. The van der Waals surface area contributed by atoms with Crippen LogP contribution in [0.4, 0.5) is 5.69 Å². The molecule has 2 aromatic rings. The normalized spacial score (nSPS) is 17.2. The Hall–Kier alpha value is -3.59. The number of hydrogen-bond donors (Lipinski definition) is 1. The summed E-state index contributed by atoms with van der Waals surface area (Å²) in [5.41, 5.74) is 7.01. The molecule has 1 atom stereocenters. The van der Waals surface area contributed by atoms with Crippen LogP contribution >= 0.6 is 0 Å². The Labute approximate surface area is 243 Å². The lowest BCUT2D eigenvalue weighted by Gasteiger charge is -2.55. The van der Waals surface area contributed by atoms with E-state index in [4.69, 9.17) is 24.9 Å². The van der Waals surface area contributed by atoms with Gasteiger partial charge in [0.25, 0.3) is 0 Å². The van der Waals surface area contributed by atoms with E-state index in [1.807, 2.05) is 81.1 Å². The third kappa shape index (κ3) is 7.01. The molecule has 1 amide bonds. The minimum atomic E-state index is -0.932. The van der Waals surface area contributed by atoms with Crippen LogP contribution in [-0.2, 0) is 25.6 Å². The van der Waals surface area contributed by atoms with Gasteiger partial charge in [-0.05, 0) is 83.2 Å². The molecular weight excluding hydrogens is 520 g/mol. The number of para-hydroxylation sites is 1. The fourth-order valence-corrected chi connectivity index (χ4v) is 5.78. The molecule has 0 radical (unpaired) electrons. The van der Waals surface area contributed by atoms with Crippen molar-refractivity contribution in [2.75, 3.05) is 13.7 Å². The van der Waals surface area contributed by atoms with Gasteiger partial charge in [-0.15, -0.1) is 0 Å². The summed E-state index contributed by atoms with van der Waals surface area (Å²) in [5, 5.41) is 0. The molecule has 2 N–H and O–H groups in total. The van der Waals surface area contributed by atoms with Gasteiger partial charge < -0.3 is 29.7 Å². The van der Waals surface area contributed by atoms with E-state index in [1.165, 1.54) is 7.11 Å². The van der Waals surface area contributed by atoms with E-state index in [0.29, 0.717) is 43.9 Å². The Morgan fingerprint density at radius 3 is 2.41 bits per heavy atom. The maximum atomic E-state index is 14.0. The highest BCUT2D eigenvalue weighted by atomic mass is 16.5. The van der Waals surface area contributed by atoms with Gasteiger partial charge in [0.1, 0.15) is 17.2 Å². The van der Waals surface area contributed by atoms with Gasteiger partial charge >= 0.3 is 5.97 Å². The summed E-state index contributed by atoms with van der Waals surface area (Å²) in [4.78, 5) is 35.9. The van der Waals surface area contributed by atoms with E-state index >= 15 is 0 Å². The molecule has 1 aliphatic carbocycles. The third-order valence-corrected chi connectivity index (χ3v) is 7.67. The Morgan fingerprint density at radius 2 is 1.78 bits per heavy atom. The zero-order chi connectivity index (χ0) is 29.6. The van der Waals surface area contributed by atoms with Crippen molar-refractivity contribution >= 4 is 23.5 Å². The number of methoxy groups -OCH3 is 1. The smallest absolute Gasteiger partial charge is 0.331 e. The second-order valence-corrected chi connectivity index (χ2v) is 11.8. The molecule has 222 valence electrons.